The van der Waals surface area contributed by atoms with Crippen LogP contribution in [0.15, 0.2) is 36.4 Å². The quantitative estimate of drug-likeness (QED) is 0.488. The van der Waals surface area contributed by atoms with Crippen LogP contribution in [0.2, 0.25) is 0 Å². The van der Waals surface area contributed by atoms with Gasteiger partial charge in [0.05, 0.1) is 17.0 Å². The lowest BCUT2D eigenvalue weighted by Gasteiger charge is -2.31. The number of carbonyl (C=O) groups is 2. The smallest absolute Gasteiger partial charge is 0.349 e. The monoisotopic (exact) mass is 485 g/mol. The van der Waals surface area contributed by atoms with Gasteiger partial charge in [0.15, 0.2) is 5.58 Å². The fourth-order valence-electron chi connectivity index (χ4n) is 3.09. The molecule has 2 heterocycles. The van der Waals surface area contributed by atoms with Crippen molar-refractivity contribution in [2.24, 2.45) is 5.92 Å². The van der Waals surface area contributed by atoms with E-state index in [1.54, 1.807) is 19.1 Å². The fraction of sp³-hybridized carbons (Fsp3) is 0.389. The van der Waals surface area contributed by atoms with E-state index in [-0.39, 0.29) is 24.0 Å². The van der Waals surface area contributed by atoms with Crippen molar-refractivity contribution >= 4 is 54.7 Å². The van der Waals surface area contributed by atoms with E-state index in [0.717, 1.165) is 4.47 Å². The fourth-order valence-corrected chi connectivity index (χ4v) is 4.43. The van der Waals surface area contributed by atoms with Gasteiger partial charge in [-0.25, -0.2) is 4.79 Å². The maximum Gasteiger partial charge on any atom is 0.349 e. The average Bonchev–Trinajstić information content (AvgIpc) is 2.61. The number of hydrogen-bond donors (Lipinski definition) is 0. The molecule has 138 valence electrons. The Hall–Kier alpha value is -1.67. The molecule has 0 N–H and O–H groups in total. The zero-order valence-corrected chi connectivity index (χ0v) is 17.3. The number of benzene rings is 1. The molecule has 1 aliphatic heterocycles. The number of amides is 1. The topological polar surface area (TPSA) is 76.8 Å². The third-order valence-corrected chi connectivity index (χ3v) is 5.36. The third kappa shape index (κ3) is 3.86. The van der Waals surface area contributed by atoms with E-state index in [4.69, 9.17) is 9.15 Å². The molecule has 1 amide bonds. The van der Waals surface area contributed by atoms with Crippen molar-refractivity contribution < 1.29 is 18.7 Å². The van der Waals surface area contributed by atoms with Gasteiger partial charge >= 0.3 is 11.6 Å². The summed E-state index contributed by atoms with van der Waals surface area (Å²) in [5, 5.41) is 0.633. The second-order valence-corrected chi connectivity index (χ2v) is 7.87. The maximum atomic E-state index is 12.9. The van der Waals surface area contributed by atoms with Gasteiger partial charge in [0.1, 0.15) is 5.56 Å². The summed E-state index contributed by atoms with van der Waals surface area (Å²) in [6, 6.07) is 5.08. The number of esters is 1. The number of hydrogen-bond acceptors (Lipinski definition) is 5. The summed E-state index contributed by atoms with van der Waals surface area (Å²) in [4.78, 5) is 38.7. The maximum absolute atomic E-state index is 12.9. The molecule has 0 radical (unpaired) electrons. The number of carbonyl (C=O) groups excluding carboxylic acids is 2. The number of halogens is 2. The van der Waals surface area contributed by atoms with Crippen LogP contribution in [-0.4, -0.2) is 36.5 Å². The van der Waals surface area contributed by atoms with Crippen LogP contribution in [0.1, 0.15) is 30.1 Å². The van der Waals surface area contributed by atoms with Crippen LogP contribution >= 0.6 is 31.9 Å². The lowest BCUT2D eigenvalue weighted by molar-refractivity contribution is -0.149. The van der Waals surface area contributed by atoms with Crippen LogP contribution in [0.5, 0.6) is 0 Å². The number of fused-ring (bicyclic) bond motifs is 1. The third-order valence-electron chi connectivity index (χ3n) is 4.31. The average molecular weight is 487 g/mol. The first-order valence-corrected chi connectivity index (χ1v) is 9.88. The Kier molecular flexibility index (Phi) is 5.82. The van der Waals surface area contributed by atoms with Crippen molar-refractivity contribution in [3.63, 3.8) is 0 Å². The van der Waals surface area contributed by atoms with Gasteiger partial charge < -0.3 is 14.1 Å². The van der Waals surface area contributed by atoms with Gasteiger partial charge in [-0.3, -0.25) is 9.59 Å². The number of likely N-dealkylation sites (tertiary alicyclic amines) is 1. The van der Waals surface area contributed by atoms with Crippen molar-refractivity contribution in [1.82, 2.24) is 4.90 Å². The standard InChI is InChI=1S/C18H17Br2NO5/c1-2-25-17(23)10-4-3-5-21(9-10)16(22)13-7-11-6-12(19)8-14(20)15(11)26-18(13)24/h6-8,10H,2-5,9H2,1H3. The molecule has 26 heavy (non-hydrogen) atoms. The first-order valence-electron chi connectivity index (χ1n) is 8.29. The van der Waals surface area contributed by atoms with Gasteiger partial charge in [0.2, 0.25) is 0 Å². The molecule has 1 aromatic heterocycles. The van der Waals surface area contributed by atoms with Crippen molar-refractivity contribution in [2.75, 3.05) is 19.7 Å². The molecule has 1 aromatic carbocycles. The number of piperidine rings is 1. The summed E-state index contributed by atoms with van der Waals surface area (Å²) in [6.45, 7) is 2.80. The second-order valence-electron chi connectivity index (χ2n) is 6.10. The highest BCUT2D eigenvalue weighted by Crippen LogP contribution is 2.28. The lowest BCUT2D eigenvalue weighted by atomic mass is 9.97. The van der Waals surface area contributed by atoms with Crippen LogP contribution in [-0.2, 0) is 9.53 Å². The Morgan fingerprint density at radius 1 is 1.31 bits per heavy atom. The molecular formula is C18H17Br2NO5. The van der Waals surface area contributed by atoms with Gasteiger partial charge in [-0.1, -0.05) is 15.9 Å². The molecular weight excluding hydrogens is 470 g/mol. The molecule has 8 heteroatoms. The summed E-state index contributed by atoms with van der Waals surface area (Å²) in [5.74, 6) is -1.09. The van der Waals surface area contributed by atoms with Crippen LogP contribution in [0.4, 0.5) is 0 Å². The Morgan fingerprint density at radius 3 is 2.81 bits per heavy atom. The van der Waals surface area contributed by atoms with Crippen molar-refractivity contribution in [3.05, 3.63) is 43.1 Å². The predicted molar refractivity (Wildman–Crippen MR) is 103 cm³/mol. The van der Waals surface area contributed by atoms with Crippen LogP contribution < -0.4 is 5.63 Å². The van der Waals surface area contributed by atoms with E-state index in [1.807, 2.05) is 0 Å². The van der Waals surface area contributed by atoms with Crippen LogP contribution in [0.25, 0.3) is 11.0 Å². The highest BCUT2D eigenvalue weighted by molar-refractivity contribution is 9.11. The van der Waals surface area contributed by atoms with Gasteiger partial charge in [-0.05, 0) is 53.9 Å². The first kappa shape index (κ1) is 19.1. The van der Waals surface area contributed by atoms with Gasteiger partial charge in [0, 0.05) is 22.9 Å². The molecule has 1 fully saturated rings. The molecule has 1 saturated heterocycles. The molecule has 2 aromatic rings. The van der Waals surface area contributed by atoms with Crippen molar-refractivity contribution in [1.29, 1.82) is 0 Å². The van der Waals surface area contributed by atoms with Crippen LogP contribution in [0.3, 0.4) is 0 Å². The summed E-state index contributed by atoms with van der Waals surface area (Å²) in [5.41, 5.74) is -0.339. The van der Waals surface area contributed by atoms with Crippen molar-refractivity contribution in [2.45, 2.75) is 19.8 Å². The Bertz CT molecular complexity index is 924. The van der Waals surface area contributed by atoms with E-state index in [0.29, 0.717) is 41.4 Å². The zero-order chi connectivity index (χ0) is 18.8. The summed E-state index contributed by atoms with van der Waals surface area (Å²) in [6.07, 6.45) is 1.36. The lowest BCUT2D eigenvalue weighted by Crippen LogP contribution is -2.44. The Balaban J connectivity index is 1.91. The largest absolute Gasteiger partial charge is 0.466 e. The van der Waals surface area contributed by atoms with Gasteiger partial charge in [-0.15, -0.1) is 0 Å². The number of ether oxygens (including phenoxy) is 1. The SMILES string of the molecule is CCOC(=O)C1CCCN(C(=O)c2cc3cc(Br)cc(Br)c3oc2=O)C1. The van der Waals surface area contributed by atoms with E-state index in [1.165, 1.54) is 11.0 Å². The summed E-state index contributed by atoms with van der Waals surface area (Å²) < 4.78 is 11.8. The highest BCUT2D eigenvalue weighted by atomic mass is 79.9. The molecule has 1 unspecified atom stereocenters. The van der Waals surface area contributed by atoms with Gasteiger partial charge in [0.25, 0.3) is 5.91 Å². The molecule has 3 rings (SSSR count). The highest BCUT2D eigenvalue weighted by Gasteiger charge is 2.31. The minimum Gasteiger partial charge on any atom is -0.466 e. The molecule has 0 spiro atoms. The molecule has 0 saturated carbocycles. The molecule has 1 aliphatic rings. The Morgan fingerprint density at radius 2 is 2.08 bits per heavy atom. The molecule has 6 nitrogen and oxygen atoms in total. The van der Waals surface area contributed by atoms with E-state index in [2.05, 4.69) is 31.9 Å². The minimum absolute atomic E-state index is 0.0352. The summed E-state index contributed by atoms with van der Waals surface area (Å²) >= 11 is 6.73. The second kappa shape index (κ2) is 7.92. The predicted octanol–water partition coefficient (Wildman–Crippen LogP) is 3.73. The number of rotatable bonds is 3. The van der Waals surface area contributed by atoms with Gasteiger partial charge in [-0.2, -0.15) is 0 Å². The Labute approximate surface area is 166 Å². The zero-order valence-electron chi connectivity index (χ0n) is 14.1. The molecule has 0 bridgehead atoms. The van der Waals surface area contributed by atoms with E-state index in [9.17, 15) is 14.4 Å². The van der Waals surface area contributed by atoms with Crippen LogP contribution in [0, 0.1) is 5.92 Å². The summed E-state index contributed by atoms with van der Waals surface area (Å²) in [7, 11) is 0. The molecule has 1 atom stereocenters. The first-order chi connectivity index (χ1) is 12.4. The number of nitrogens with zero attached hydrogens (tertiary/aromatic N) is 1. The van der Waals surface area contributed by atoms with E-state index >= 15 is 0 Å². The van der Waals surface area contributed by atoms with E-state index < -0.39 is 11.5 Å². The van der Waals surface area contributed by atoms with Crippen molar-refractivity contribution in [3.8, 4) is 0 Å². The molecule has 0 aliphatic carbocycles. The normalized spacial score (nSPS) is 17.3. The minimum atomic E-state index is -0.691.